The summed E-state index contributed by atoms with van der Waals surface area (Å²) in [5.74, 6) is 0. The van der Waals surface area contributed by atoms with E-state index in [1.807, 2.05) is 0 Å². The molecule has 3 heteroatoms. The van der Waals surface area contributed by atoms with Crippen molar-refractivity contribution >= 4 is 0 Å². The molecule has 1 aliphatic heterocycles. The maximum Gasteiger partial charge on any atom is 0.0976 e. The second-order valence-corrected chi connectivity index (χ2v) is 0.966. The van der Waals surface area contributed by atoms with Crippen LogP contribution in [0.3, 0.4) is 0 Å². The molecule has 3 nitrogen and oxygen atoms in total. The van der Waals surface area contributed by atoms with E-state index in [0.717, 1.165) is 0 Å². The predicted molar refractivity (Wildman–Crippen MR) is 17.6 cm³/mol. The molecule has 33 valence electrons. The summed E-state index contributed by atoms with van der Waals surface area (Å²) in [6.07, 6.45) is 2.98. The maximum atomic E-state index is 9.85. The first-order valence-electron chi connectivity index (χ1n) is 1.65. The van der Waals surface area contributed by atoms with Gasteiger partial charge in [0.15, 0.2) is 0 Å². The summed E-state index contributed by atoms with van der Waals surface area (Å²) in [5.41, 5.74) is 0. The summed E-state index contributed by atoms with van der Waals surface area (Å²) in [6, 6.07) is 0. The molecule has 0 bridgehead atoms. The van der Waals surface area contributed by atoms with Crippen molar-refractivity contribution < 1.29 is 10.0 Å². The molecule has 0 aromatic rings. The van der Waals surface area contributed by atoms with Gasteiger partial charge in [0.2, 0.25) is 0 Å². The first-order valence-corrected chi connectivity index (χ1v) is 1.65. The third kappa shape index (κ3) is 0.502. The molecule has 1 heterocycles. The van der Waals surface area contributed by atoms with E-state index in [1.54, 1.807) is 6.08 Å². The molecule has 0 fully saturated rings. The minimum Gasteiger partial charge on any atom is -0.243 e. The quantitative estimate of drug-likeness (QED) is 0.418. The molecule has 0 aliphatic carbocycles. The summed E-state index contributed by atoms with van der Waals surface area (Å²) in [5, 5.41) is 10.3. The van der Waals surface area contributed by atoms with Crippen molar-refractivity contribution in [3.05, 3.63) is 12.3 Å². The van der Waals surface area contributed by atoms with Crippen LogP contribution in [0.25, 0.3) is 0 Å². The van der Waals surface area contributed by atoms with Crippen LogP contribution in [0.4, 0.5) is 0 Å². The van der Waals surface area contributed by atoms with Crippen molar-refractivity contribution in [2.24, 2.45) is 0 Å². The third-order valence-corrected chi connectivity index (χ3v) is 0.525. The first kappa shape index (κ1) is 3.64. The highest BCUT2D eigenvalue weighted by molar-refractivity contribution is 4.79. The Labute approximate surface area is 35.3 Å². The normalized spacial score (nSPS) is 19.8. The Hall–Kier alpha value is -0.540. The van der Waals surface area contributed by atoms with Gasteiger partial charge in [-0.3, -0.25) is 0 Å². The number of rotatable bonds is 0. The predicted octanol–water partition coefficient (Wildman–Crippen LogP) is 0.0928. The van der Waals surface area contributed by atoms with E-state index in [4.69, 9.17) is 0 Å². The van der Waals surface area contributed by atoms with Crippen molar-refractivity contribution in [1.29, 1.82) is 0 Å². The van der Waals surface area contributed by atoms with Crippen molar-refractivity contribution in [2.45, 2.75) is 0 Å². The fourth-order valence-corrected chi connectivity index (χ4v) is 0.289. The summed E-state index contributed by atoms with van der Waals surface area (Å²) >= 11 is 0. The molecule has 1 radical (unpaired) electrons. The minimum atomic E-state index is 0.420. The molecule has 1 rings (SSSR count). The first-order chi connectivity index (χ1) is 2.89. The van der Waals surface area contributed by atoms with E-state index in [1.165, 1.54) is 6.20 Å². The van der Waals surface area contributed by atoms with Gasteiger partial charge >= 0.3 is 0 Å². The van der Waals surface area contributed by atoms with Gasteiger partial charge in [-0.25, -0.2) is 4.84 Å². The molecule has 0 saturated heterocycles. The zero-order valence-electron chi connectivity index (χ0n) is 3.13. The van der Waals surface area contributed by atoms with Crippen LogP contribution in [0.2, 0.25) is 0 Å². The highest BCUT2D eigenvalue weighted by Gasteiger charge is 1.97. The van der Waals surface area contributed by atoms with E-state index in [-0.39, 0.29) is 0 Å². The van der Waals surface area contributed by atoms with Crippen LogP contribution in [0.1, 0.15) is 0 Å². The highest BCUT2D eigenvalue weighted by Crippen LogP contribution is 1.94. The molecular weight excluding hydrogens is 82.0 g/mol. The molecule has 0 saturated carbocycles. The Kier molecular flexibility index (Phi) is 0.777. The Bertz CT molecular complexity index is 71.2. The lowest BCUT2D eigenvalue weighted by Gasteiger charge is -1.95. The Balaban J connectivity index is 2.38. The molecule has 0 aromatic heterocycles. The zero-order chi connectivity index (χ0) is 4.41. The second kappa shape index (κ2) is 1.28. The van der Waals surface area contributed by atoms with E-state index in [9.17, 15) is 5.21 Å². The van der Waals surface area contributed by atoms with E-state index < -0.39 is 0 Å². The maximum absolute atomic E-state index is 9.85. The highest BCUT2D eigenvalue weighted by atomic mass is 16.9. The molecule has 1 aliphatic rings. The van der Waals surface area contributed by atoms with Crippen molar-refractivity contribution in [3.8, 4) is 0 Å². The molecule has 0 N–H and O–H groups in total. The molecule has 0 aromatic carbocycles. The fraction of sp³-hybridized carbons (Fsp3) is 0.333. The van der Waals surface area contributed by atoms with Gasteiger partial charge in [-0.1, -0.05) is 10.4 Å². The van der Waals surface area contributed by atoms with Gasteiger partial charge in [-0.15, -0.1) is 0 Å². The Morgan fingerprint density at radius 1 is 1.83 bits per heavy atom. The van der Waals surface area contributed by atoms with E-state index >= 15 is 0 Å². The van der Waals surface area contributed by atoms with Gasteiger partial charge in [-0.05, 0) is 6.08 Å². The van der Waals surface area contributed by atoms with Crippen LogP contribution in [0, 0.1) is 0 Å². The topological polar surface area (TPSA) is 32.4 Å². The summed E-state index contributed by atoms with van der Waals surface area (Å²) in [7, 11) is 0. The molecule has 0 atom stereocenters. The van der Waals surface area contributed by atoms with Gasteiger partial charge < -0.3 is 0 Å². The third-order valence-electron chi connectivity index (χ3n) is 0.525. The monoisotopic (exact) mass is 86.0 g/mol. The van der Waals surface area contributed by atoms with Crippen LogP contribution >= 0.6 is 0 Å². The van der Waals surface area contributed by atoms with Crippen LogP contribution in [0.5, 0.6) is 0 Å². The SMILES string of the molecule is [O]N1C=CCO1. The van der Waals surface area contributed by atoms with Crippen LogP contribution < -0.4 is 0 Å². The molecule has 6 heavy (non-hydrogen) atoms. The average Bonchev–Trinajstić information content (AvgIpc) is 1.86. The zero-order valence-corrected chi connectivity index (χ0v) is 3.13. The summed E-state index contributed by atoms with van der Waals surface area (Å²) < 4.78 is 0. The van der Waals surface area contributed by atoms with E-state index in [2.05, 4.69) is 4.84 Å². The van der Waals surface area contributed by atoms with Crippen LogP contribution in [0.15, 0.2) is 12.3 Å². The van der Waals surface area contributed by atoms with Gasteiger partial charge in [0.05, 0.1) is 12.8 Å². The van der Waals surface area contributed by atoms with Gasteiger partial charge in [0, 0.05) is 0 Å². The second-order valence-electron chi connectivity index (χ2n) is 0.966. The minimum absolute atomic E-state index is 0.420. The number of hydrogen-bond donors (Lipinski definition) is 0. The average molecular weight is 86.1 g/mol. The molecule has 0 unspecified atom stereocenters. The lowest BCUT2D eigenvalue weighted by Crippen LogP contribution is -2.02. The van der Waals surface area contributed by atoms with Crippen LogP contribution in [-0.2, 0) is 10.0 Å². The Morgan fingerprint density at radius 2 is 2.67 bits per heavy atom. The smallest absolute Gasteiger partial charge is 0.0976 e. The van der Waals surface area contributed by atoms with Gasteiger partial charge in [0.25, 0.3) is 0 Å². The molecule has 0 amide bonds. The van der Waals surface area contributed by atoms with E-state index in [0.29, 0.717) is 11.8 Å². The van der Waals surface area contributed by atoms with Crippen LogP contribution in [-0.4, -0.2) is 11.8 Å². The molecule has 0 spiro atoms. The lowest BCUT2D eigenvalue weighted by molar-refractivity contribution is -0.328. The number of nitrogens with zero attached hydrogens (tertiary/aromatic N) is 1. The number of hydroxylamine groups is 2. The van der Waals surface area contributed by atoms with Crippen molar-refractivity contribution in [1.82, 2.24) is 5.23 Å². The fourth-order valence-electron chi connectivity index (χ4n) is 0.289. The molecular formula is C3H4NO2. The lowest BCUT2D eigenvalue weighted by atomic mass is 10.7. The summed E-state index contributed by atoms with van der Waals surface area (Å²) in [4.78, 5) is 4.32. The largest absolute Gasteiger partial charge is 0.243 e. The summed E-state index contributed by atoms with van der Waals surface area (Å²) in [6.45, 7) is 0.420. The van der Waals surface area contributed by atoms with Crippen molar-refractivity contribution in [3.63, 3.8) is 0 Å². The van der Waals surface area contributed by atoms with Gasteiger partial charge in [-0.2, -0.15) is 0 Å². The van der Waals surface area contributed by atoms with Crippen molar-refractivity contribution in [2.75, 3.05) is 6.61 Å². The number of hydrogen-bond acceptors (Lipinski definition) is 2. The Morgan fingerprint density at radius 3 is 2.83 bits per heavy atom. The van der Waals surface area contributed by atoms with Gasteiger partial charge in [0.1, 0.15) is 0 Å². The standard InChI is InChI=1S/C3H4NO2/c5-4-2-1-3-6-4/h1-2H,3H2.